The summed E-state index contributed by atoms with van der Waals surface area (Å²) < 4.78 is 41.0. The van der Waals surface area contributed by atoms with Crippen LogP contribution in [-0.2, 0) is 0 Å². The number of ether oxygens (including phenoxy) is 1. The molecule has 1 fully saturated rings. The van der Waals surface area contributed by atoms with Crippen molar-refractivity contribution in [2.45, 2.75) is 39.5 Å². The van der Waals surface area contributed by atoms with Crippen molar-refractivity contribution < 1.29 is 17.9 Å². The van der Waals surface area contributed by atoms with Gasteiger partial charge < -0.3 is 15.5 Å². The molecular weight excluding hydrogens is 425 g/mol. The van der Waals surface area contributed by atoms with Crippen molar-refractivity contribution in [3.8, 4) is 17.0 Å². The Labute approximate surface area is 185 Å². The quantitative estimate of drug-likeness (QED) is 0.421. The molecule has 1 saturated heterocycles. The highest BCUT2D eigenvalue weighted by atomic mass is 32.2. The summed E-state index contributed by atoms with van der Waals surface area (Å²) in [5.41, 5.74) is 7.03. The first kappa shape index (κ1) is 24.8. The molecular formula is C22H29F3N4OS. The predicted octanol–water partition coefficient (Wildman–Crippen LogP) is 5.91. The summed E-state index contributed by atoms with van der Waals surface area (Å²) in [5.74, 6) is 3.63. The zero-order chi connectivity index (χ0) is 22.7. The molecule has 3 rings (SSSR count). The van der Waals surface area contributed by atoms with E-state index in [0.717, 1.165) is 6.54 Å². The molecule has 1 aromatic heterocycles. The number of alkyl halides is 3. The van der Waals surface area contributed by atoms with Gasteiger partial charge >= 0.3 is 6.36 Å². The van der Waals surface area contributed by atoms with E-state index in [4.69, 9.17) is 5.73 Å². The number of aromatic amines is 1. The van der Waals surface area contributed by atoms with E-state index in [1.54, 1.807) is 24.4 Å². The lowest BCUT2D eigenvalue weighted by molar-refractivity contribution is -0.274. The zero-order valence-electron chi connectivity index (χ0n) is 17.8. The molecule has 0 unspecified atom stereocenters. The van der Waals surface area contributed by atoms with Gasteiger partial charge in [-0.05, 0) is 54.6 Å². The van der Waals surface area contributed by atoms with Crippen molar-refractivity contribution in [2.75, 3.05) is 18.1 Å². The molecule has 0 amide bonds. The van der Waals surface area contributed by atoms with Crippen molar-refractivity contribution in [1.29, 1.82) is 0 Å². The number of amidine groups is 1. The third-order valence-corrected chi connectivity index (χ3v) is 5.31. The second kappa shape index (κ2) is 12.4. The standard InChI is InChI=1S/C19H21F3N4OS.C3H8/c20-19(21,22)27-15-3-1-2-14(10-15)16-12-25-18(26-16)5-4-17(23)24-11-13-6-8-28-9-7-13;1-3-2/h1-5,10,12-13H,6-9,11H2,(H2,23,24)(H,25,26);3H2,1-2H3/b5-4-;. The van der Waals surface area contributed by atoms with Crippen molar-refractivity contribution in [3.05, 3.63) is 42.4 Å². The fraction of sp³-hybridized carbons (Fsp3) is 0.455. The minimum atomic E-state index is -4.73. The fourth-order valence-corrected chi connectivity index (χ4v) is 4.01. The highest BCUT2D eigenvalue weighted by molar-refractivity contribution is 7.99. The number of nitrogens with two attached hydrogens (primary N) is 1. The van der Waals surface area contributed by atoms with Crippen LogP contribution in [0.1, 0.15) is 38.9 Å². The molecule has 9 heteroatoms. The summed E-state index contributed by atoms with van der Waals surface area (Å²) >= 11 is 1.97. The highest BCUT2D eigenvalue weighted by Crippen LogP contribution is 2.27. The molecule has 0 atom stereocenters. The Hall–Kier alpha value is -2.42. The topological polar surface area (TPSA) is 76.3 Å². The summed E-state index contributed by atoms with van der Waals surface area (Å²) in [4.78, 5) is 11.6. The Kier molecular flexibility index (Phi) is 9.97. The Morgan fingerprint density at radius 3 is 2.71 bits per heavy atom. The molecule has 0 bridgehead atoms. The highest BCUT2D eigenvalue weighted by Gasteiger charge is 2.31. The van der Waals surface area contributed by atoms with Gasteiger partial charge in [0.2, 0.25) is 0 Å². The van der Waals surface area contributed by atoms with Gasteiger partial charge in [0.05, 0.1) is 11.9 Å². The van der Waals surface area contributed by atoms with Crippen LogP contribution >= 0.6 is 11.8 Å². The number of hydrogen-bond acceptors (Lipinski definition) is 4. The van der Waals surface area contributed by atoms with Gasteiger partial charge in [-0.1, -0.05) is 32.4 Å². The van der Waals surface area contributed by atoms with Gasteiger partial charge in [-0.15, -0.1) is 13.2 Å². The minimum absolute atomic E-state index is 0.283. The third-order valence-electron chi connectivity index (χ3n) is 4.26. The smallest absolute Gasteiger partial charge is 0.406 e. The van der Waals surface area contributed by atoms with E-state index in [1.165, 1.54) is 49.0 Å². The SMILES string of the molecule is CCC.NC(/C=C\c1ncc(-c2cccc(OC(F)(F)F)c2)[nH]1)=NCC1CCSCC1. The van der Waals surface area contributed by atoms with Crippen LogP contribution in [0.3, 0.4) is 0 Å². The van der Waals surface area contributed by atoms with Gasteiger partial charge in [-0.2, -0.15) is 11.8 Å². The predicted molar refractivity (Wildman–Crippen MR) is 122 cm³/mol. The molecule has 170 valence electrons. The molecule has 0 spiro atoms. The van der Waals surface area contributed by atoms with Gasteiger partial charge in [-0.3, -0.25) is 4.99 Å². The molecule has 2 heterocycles. The summed E-state index contributed by atoms with van der Waals surface area (Å²) in [6.45, 7) is 4.98. The molecule has 0 aliphatic carbocycles. The lowest BCUT2D eigenvalue weighted by atomic mass is 10.0. The van der Waals surface area contributed by atoms with Gasteiger partial charge in [0.15, 0.2) is 0 Å². The van der Waals surface area contributed by atoms with E-state index >= 15 is 0 Å². The van der Waals surface area contributed by atoms with Crippen molar-refractivity contribution >= 4 is 23.7 Å². The van der Waals surface area contributed by atoms with Crippen LogP contribution in [0.4, 0.5) is 13.2 Å². The first-order chi connectivity index (χ1) is 14.8. The Balaban J connectivity index is 0.00000107. The third kappa shape index (κ3) is 9.50. The number of hydrogen-bond donors (Lipinski definition) is 2. The van der Waals surface area contributed by atoms with Crippen molar-refractivity contribution in [2.24, 2.45) is 16.6 Å². The largest absolute Gasteiger partial charge is 0.573 e. The van der Waals surface area contributed by atoms with Crippen LogP contribution in [0, 0.1) is 5.92 Å². The van der Waals surface area contributed by atoms with E-state index in [9.17, 15) is 13.2 Å². The Morgan fingerprint density at radius 2 is 2.03 bits per heavy atom. The molecule has 1 aromatic carbocycles. The van der Waals surface area contributed by atoms with E-state index < -0.39 is 6.36 Å². The van der Waals surface area contributed by atoms with Crippen LogP contribution in [0.15, 0.2) is 41.5 Å². The van der Waals surface area contributed by atoms with Crippen LogP contribution in [0.25, 0.3) is 17.3 Å². The van der Waals surface area contributed by atoms with Gasteiger partial charge in [0.25, 0.3) is 0 Å². The number of aliphatic imine (C=N–C) groups is 1. The second-order valence-corrected chi connectivity index (χ2v) is 8.34. The number of rotatable bonds is 6. The van der Waals surface area contributed by atoms with E-state index in [0.29, 0.717) is 28.8 Å². The zero-order valence-corrected chi connectivity index (χ0v) is 18.6. The van der Waals surface area contributed by atoms with Gasteiger partial charge in [0.1, 0.15) is 17.4 Å². The number of H-pyrrole nitrogens is 1. The average Bonchev–Trinajstić information content (AvgIpc) is 3.20. The maximum Gasteiger partial charge on any atom is 0.573 e. The van der Waals surface area contributed by atoms with E-state index in [-0.39, 0.29) is 5.75 Å². The summed E-state index contributed by atoms with van der Waals surface area (Å²) in [7, 11) is 0. The first-order valence-electron chi connectivity index (χ1n) is 10.3. The molecule has 1 aliphatic heterocycles. The normalized spacial score (nSPS) is 15.6. The van der Waals surface area contributed by atoms with Crippen molar-refractivity contribution in [1.82, 2.24) is 9.97 Å². The van der Waals surface area contributed by atoms with E-state index in [1.807, 2.05) is 11.8 Å². The Bertz CT molecular complexity index is 858. The summed E-state index contributed by atoms with van der Waals surface area (Å²) in [6, 6.07) is 5.70. The maximum atomic E-state index is 12.4. The van der Waals surface area contributed by atoms with Crippen LogP contribution < -0.4 is 10.5 Å². The number of benzene rings is 1. The monoisotopic (exact) mass is 454 g/mol. The summed E-state index contributed by atoms with van der Waals surface area (Å²) in [5, 5.41) is 0. The fourth-order valence-electron chi connectivity index (χ4n) is 2.81. The number of imidazole rings is 1. The van der Waals surface area contributed by atoms with Crippen LogP contribution in [-0.4, -0.2) is 40.2 Å². The molecule has 31 heavy (non-hydrogen) atoms. The molecule has 0 radical (unpaired) electrons. The van der Waals surface area contributed by atoms with Crippen LogP contribution in [0.5, 0.6) is 5.75 Å². The molecule has 1 aliphatic rings. The molecule has 3 N–H and O–H groups in total. The number of nitrogens with one attached hydrogen (secondary N) is 1. The first-order valence-corrected chi connectivity index (χ1v) is 11.4. The molecule has 0 saturated carbocycles. The van der Waals surface area contributed by atoms with Crippen LogP contribution in [0.2, 0.25) is 0 Å². The minimum Gasteiger partial charge on any atom is -0.406 e. The van der Waals surface area contributed by atoms with Crippen molar-refractivity contribution in [3.63, 3.8) is 0 Å². The van der Waals surface area contributed by atoms with Gasteiger partial charge in [0, 0.05) is 12.1 Å². The second-order valence-electron chi connectivity index (χ2n) is 7.12. The average molecular weight is 455 g/mol. The lowest BCUT2D eigenvalue weighted by Crippen LogP contribution is -2.17. The van der Waals surface area contributed by atoms with Gasteiger partial charge in [-0.25, -0.2) is 4.98 Å². The molecule has 2 aromatic rings. The number of nitrogens with zero attached hydrogens (tertiary/aromatic N) is 2. The molecule has 5 nitrogen and oxygen atoms in total. The number of aromatic nitrogens is 2. The summed E-state index contributed by atoms with van der Waals surface area (Å²) in [6.07, 6.45) is 3.76. The number of thioether (sulfide) groups is 1. The Morgan fingerprint density at radius 1 is 1.32 bits per heavy atom. The number of halogens is 3. The van der Waals surface area contributed by atoms with E-state index in [2.05, 4.69) is 33.5 Å². The lowest BCUT2D eigenvalue weighted by Gasteiger charge is -2.19. The maximum absolute atomic E-state index is 12.4.